The highest BCUT2D eigenvalue weighted by Crippen LogP contribution is 2.40. The van der Waals surface area contributed by atoms with Crippen molar-refractivity contribution in [1.82, 2.24) is 4.90 Å². The lowest BCUT2D eigenvalue weighted by molar-refractivity contribution is 0.0168. The lowest BCUT2D eigenvalue weighted by Gasteiger charge is -2.35. The SMILES string of the molecule is CC(C)(C)OC(=O)N1C2C=C(C3=CCCC3)CC1CC2. The second kappa shape index (κ2) is 4.94. The first kappa shape index (κ1) is 13.7. The summed E-state index contributed by atoms with van der Waals surface area (Å²) in [7, 11) is 0. The van der Waals surface area contributed by atoms with Crippen LogP contribution in [0, 0.1) is 0 Å². The molecule has 20 heavy (non-hydrogen) atoms. The number of carbonyl (C=O) groups is 1. The van der Waals surface area contributed by atoms with Gasteiger partial charge in [0.05, 0.1) is 6.04 Å². The summed E-state index contributed by atoms with van der Waals surface area (Å²) in [4.78, 5) is 14.3. The molecule has 1 fully saturated rings. The molecule has 2 heterocycles. The van der Waals surface area contributed by atoms with Crippen LogP contribution in [0.5, 0.6) is 0 Å². The van der Waals surface area contributed by atoms with Crippen LogP contribution in [0.2, 0.25) is 0 Å². The number of allylic oxidation sites excluding steroid dienone is 2. The van der Waals surface area contributed by atoms with E-state index < -0.39 is 5.60 Å². The molecule has 3 rings (SSSR count). The molecule has 0 aromatic carbocycles. The monoisotopic (exact) mass is 275 g/mol. The first-order chi connectivity index (χ1) is 9.44. The van der Waals surface area contributed by atoms with Crippen molar-refractivity contribution in [2.45, 2.75) is 77.0 Å². The predicted molar refractivity (Wildman–Crippen MR) is 79.5 cm³/mol. The second-order valence-electron chi connectivity index (χ2n) is 7.20. The standard InChI is InChI=1S/C17H25NO2/c1-17(2,3)20-16(19)18-14-8-9-15(18)11-13(10-14)12-6-4-5-7-12/h6,10,14-15H,4-5,7-9,11H2,1-3H3. The molecule has 1 aliphatic carbocycles. The highest BCUT2D eigenvalue weighted by atomic mass is 16.6. The van der Waals surface area contributed by atoms with Crippen molar-refractivity contribution in [3.8, 4) is 0 Å². The van der Waals surface area contributed by atoms with E-state index >= 15 is 0 Å². The highest BCUT2D eigenvalue weighted by molar-refractivity contribution is 5.70. The van der Waals surface area contributed by atoms with E-state index in [0.717, 1.165) is 19.3 Å². The van der Waals surface area contributed by atoms with Gasteiger partial charge in [0.2, 0.25) is 0 Å². The molecule has 2 atom stereocenters. The first-order valence-electron chi connectivity index (χ1n) is 7.85. The molecular formula is C17H25NO2. The molecule has 2 aliphatic heterocycles. The molecule has 0 spiro atoms. The third-order valence-electron chi connectivity index (χ3n) is 4.45. The summed E-state index contributed by atoms with van der Waals surface area (Å²) < 4.78 is 5.56. The molecule has 110 valence electrons. The number of fused-ring (bicyclic) bond motifs is 2. The Morgan fingerprint density at radius 2 is 2.10 bits per heavy atom. The summed E-state index contributed by atoms with van der Waals surface area (Å²) in [5, 5.41) is 0. The van der Waals surface area contributed by atoms with Crippen molar-refractivity contribution in [3.63, 3.8) is 0 Å². The van der Waals surface area contributed by atoms with Crippen LogP contribution in [0.15, 0.2) is 23.3 Å². The van der Waals surface area contributed by atoms with Gasteiger partial charge in [-0.1, -0.05) is 12.2 Å². The van der Waals surface area contributed by atoms with Crippen molar-refractivity contribution in [1.29, 1.82) is 0 Å². The zero-order chi connectivity index (χ0) is 14.3. The quantitative estimate of drug-likeness (QED) is 0.718. The number of hydrogen-bond donors (Lipinski definition) is 0. The van der Waals surface area contributed by atoms with Crippen LogP contribution in [0.3, 0.4) is 0 Å². The maximum absolute atomic E-state index is 12.4. The van der Waals surface area contributed by atoms with Gasteiger partial charge in [-0.3, -0.25) is 4.90 Å². The zero-order valence-electron chi connectivity index (χ0n) is 12.8. The molecule has 3 aliphatic rings. The van der Waals surface area contributed by atoms with Crippen molar-refractivity contribution >= 4 is 6.09 Å². The van der Waals surface area contributed by atoms with Crippen LogP contribution in [-0.4, -0.2) is 28.7 Å². The smallest absolute Gasteiger partial charge is 0.411 e. The van der Waals surface area contributed by atoms with Gasteiger partial charge < -0.3 is 4.74 Å². The second-order valence-corrected chi connectivity index (χ2v) is 7.20. The normalized spacial score (nSPS) is 29.2. The minimum absolute atomic E-state index is 0.138. The van der Waals surface area contributed by atoms with Crippen molar-refractivity contribution in [2.24, 2.45) is 0 Å². The van der Waals surface area contributed by atoms with E-state index in [1.165, 1.54) is 30.4 Å². The Balaban J connectivity index is 1.75. The summed E-state index contributed by atoms with van der Waals surface area (Å²) in [6.45, 7) is 5.80. The number of carbonyl (C=O) groups excluding carboxylic acids is 1. The van der Waals surface area contributed by atoms with Crippen molar-refractivity contribution < 1.29 is 9.53 Å². The molecule has 0 radical (unpaired) electrons. The molecule has 0 aromatic rings. The highest BCUT2D eigenvalue weighted by Gasteiger charge is 2.41. The number of ether oxygens (including phenoxy) is 1. The Morgan fingerprint density at radius 3 is 2.70 bits per heavy atom. The molecule has 2 unspecified atom stereocenters. The average Bonchev–Trinajstić information content (AvgIpc) is 2.94. The minimum atomic E-state index is -0.408. The van der Waals surface area contributed by atoms with E-state index in [0.29, 0.717) is 6.04 Å². The van der Waals surface area contributed by atoms with Gasteiger partial charge in [0.1, 0.15) is 5.60 Å². The lowest BCUT2D eigenvalue weighted by atomic mass is 9.94. The van der Waals surface area contributed by atoms with Crippen LogP contribution in [0.4, 0.5) is 4.79 Å². The maximum atomic E-state index is 12.4. The molecule has 3 nitrogen and oxygen atoms in total. The van der Waals surface area contributed by atoms with Gasteiger partial charge >= 0.3 is 6.09 Å². The van der Waals surface area contributed by atoms with Gasteiger partial charge in [-0.25, -0.2) is 4.79 Å². The summed E-state index contributed by atoms with van der Waals surface area (Å²) in [5.74, 6) is 0. The van der Waals surface area contributed by atoms with Crippen molar-refractivity contribution in [2.75, 3.05) is 0 Å². The van der Waals surface area contributed by atoms with Crippen molar-refractivity contribution in [3.05, 3.63) is 23.3 Å². The van der Waals surface area contributed by atoms with Gasteiger partial charge in [-0.15, -0.1) is 0 Å². The fraction of sp³-hybridized carbons (Fsp3) is 0.706. The number of rotatable bonds is 1. The van der Waals surface area contributed by atoms with Crippen LogP contribution in [-0.2, 0) is 4.74 Å². The Morgan fingerprint density at radius 1 is 1.30 bits per heavy atom. The fourth-order valence-corrected chi connectivity index (χ4v) is 3.63. The molecule has 3 heteroatoms. The van der Waals surface area contributed by atoms with E-state index in [4.69, 9.17) is 4.74 Å². The van der Waals surface area contributed by atoms with E-state index in [2.05, 4.69) is 12.2 Å². The predicted octanol–water partition coefficient (Wildman–Crippen LogP) is 4.19. The van der Waals surface area contributed by atoms with E-state index in [-0.39, 0.29) is 12.1 Å². The fourth-order valence-electron chi connectivity index (χ4n) is 3.63. The number of nitrogens with zero attached hydrogens (tertiary/aromatic N) is 1. The Kier molecular flexibility index (Phi) is 3.39. The molecule has 1 saturated heterocycles. The molecule has 2 bridgehead atoms. The topological polar surface area (TPSA) is 29.5 Å². The molecule has 0 saturated carbocycles. The minimum Gasteiger partial charge on any atom is -0.444 e. The van der Waals surface area contributed by atoms with E-state index in [9.17, 15) is 4.79 Å². The summed E-state index contributed by atoms with van der Waals surface area (Å²) in [6.07, 6.45) is 11.5. The van der Waals surface area contributed by atoms with Gasteiger partial charge in [0, 0.05) is 6.04 Å². The Hall–Kier alpha value is -1.25. The first-order valence-corrected chi connectivity index (χ1v) is 7.85. The van der Waals surface area contributed by atoms with E-state index in [1.54, 1.807) is 0 Å². The van der Waals surface area contributed by atoms with E-state index in [1.807, 2.05) is 25.7 Å². The average molecular weight is 275 g/mol. The lowest BCUT2D eigenvalue weighted by Crippen LogP contribution is -2.45. The molecule has 1 amide bonds. The number of hydrogen-bond acceptors (Lipinski definition) is 2. The maximum Gasteiger partial charge on any atom is 0.411 e. The molecular weight excluding hydrogens is 250 g/mol. The summed E-state index contributed by atoms with van der Waals surface area (Å²) in [5.41, 5.74) is 2.62. The summed E-state index contributed by atoms with van der Waals surface area (Å²) >= 11 is 0. The molecule has 0 aromatic heterocycles. The van der Waals surface area contributed by atoms with Crippen LogP contribution < -0.4 is 0 Å². The van der Waals surface area contributed by atoms with Gasteiger partial charge in [0.15, 0.2) is 0 Å². The summed E-state index contributed by atoms with van der Waals surface area (Å²) in [6, 6.07) is 0.594. The molecule has 0 N–H and O–H groups in total. The van der Waals surface area contributed by atoms with Gasteiger partial charge in [0.25, 0.3) is 0 Å². The van der Waals surface area contributed by atoms with Crippen LogP contribution in [0.1, 0.15) is 59.3 Å². The van der Waals surface area contributed by atoms with Gasteiger partial charge in [-0.05, 0) is 70.4 Å². The zero-order valence-corrected chi connectivity index (χ0v) is 12.8. The number of amides is 1. The Labute approximate surface area is 121 Å². The third-order valence-corrected chi connectivity index (χ3v) is 4.45. The van der Waals surface area contributed by atoms with Crippen LogP contribution in [0.25, 0.3) is 0 Å². The van der Waals surface area contributed by atoms with Gasteiger partial charge in [-0.2, -0.15) is 0 Å². The third kappa shape index (κ3) is 2.63. The van der Waals surface area contributed by atoms with Crippen LogP contribution >= 0.6 is 0 Å². The largest absolute Gasteiger partial charge is 0.444 e. The Bertz CT molecular complexity index is 470.